The van der Waals surface area contributed by atoms with Gasteiger partial charge in [-0.15, -0.1) is 0 Å². The lowest BCUT2D eigenvalue weighted by atomic mass is 10.1. The number of aromatic nitrogens is 4. The van der Waals surface area contributed by atoms with Crippen molar-refractivity contribution in [1.29, 1.82) is 0 Å². The van der Waals surface area contributed by atoms with Gasteiger partial charge in [0.2, 0.25) is 5.91 Å². The van der Waals surface area contributed by atoms with Crippen LogP contribution in [0.5, 0.6) is 0 Å². The van der Waals surface area contributed by atoms with Crippen molar-refractivity contribution in [2.45, 2.75) is 26.2 Å². The predicted octanol–water partition coefficient (Wildman–Crippen LogP) is -0.614. The number of hydrogen-bond donors (Lipinski definition) is 4. The number of aryl methyl sites for hydroxylation is 2. The summed E-state index contributed by atoms with van der Waals surface area (Å²) in [4.78, 5) is 38.3. The second kappa shape index (κ2) is 6.69. The van der Waals surface area contributed by atoms with E-state index in [1.807, 2.05) is 11.9 Å². The van der Waals surface area contributed by atoms with Crippen molar-refractivity contribution in [3.05, 3.63) is 50.1 Å². The van der Waals surface area contributed by atoms with Gasteiger partial charge < -0.3 is 10.3 Å². The van der Waals surface area contributed by atoms with Crippen molar-refractivity contribution in [3.63, 3.8) is 0 Å². The predicted molar refractivity (Wildman–Crippen MR) is 76.0 cm³/mol. The van der Waals surface area contributed by atoms with Crippen LogP contribution in [-0.2, 0) is 17.6 Å². The maximum absolute atomic E-state index is 11.7. The van der Waals surface area contributed by atoms with Gasteiger partial charge in [0.15, 0.2) is 0 Å². The van der Waals surface area contributed by atoms with Gasteiger partial charge in [0, 0.05) is 24.0 Å². The van der Waals surface area contributed by atoms with Crippen LogP contribution in [0.2, 0.25) is 0 Å². The van der Waals surface area contributed by atoms with E-state index < -0.39 is 11.2 Å². The fraction of sp³-hybridized carbons (Fsp3) is 0.385. The van der Waals surface area contributed by atoms with E-state index >= 15 is 0 Å². The monoisotopic (exact) mass is 291 g/mol. The maximum atomic E-state index is 11.7. The van der Waals surface area contributed by atoms with Crippen LogP contribution in [0.4, 0.5) is 0 Å². The molecule has 0 fully saturated rings. The van der Waals surface area contributed by atoms with Gasteiger partial charge in [0.05, 0.1) is 12.6 Å². The van der Waals surface area contributed by atoms with Crippen LogP contribution in [0.25, 0.3) is 0 Å². The highest BCUT2D eigenvalue weighted by molar-refractivity contribution is 5.77. The number of rotatable bonds is 6. The van der Waals surface area contributed by atoms with Crippen LogP contribution >= 0.6 is 0 Å². The molecular weight excluding hydrogens is 274 g/mol. The number of H-pyrrole nitrogens is 3. The molecule has 2 heterocycles. The normalized spacial score (nSPS) is 10.5. The van der Waals surface area contributed by atoms with Crippen molar-refractivity contribution in [1.82, 2.24) is 25.5 Å². The van der Waals surface area contributed by atoms with E-state index in [0.29, 0.717) is 12.2 Å². The summed E-state index contributed by atoms with van der Waals surface area (Å²) < 4.78 is 0. The van der Waals surface area contributed by atoms with Gasteiger partial charge in [0.1, 0.15) is 0 Å². The Balaban J connectivity index is 1.76. The summed E-state index contributed by atoms with van der Waals surface area (Å²) in [6.45, 7) is 2.47. The van der Waals surface area contributed by atoms with E-state index in [4.69, 9.17) is 0 Å². The molecule has 8 heteroatoms. The van der Waals surface area contributed by atoms with Crippen LogP contribution in [-0.4, -0.2) is 32.6 Å². The second-order valence-electron chi connectivity index (χ2n) is 4.76. The third kappa shape index (κ3) is 4.44. The Labute approximate surface area is 120 Å². The van der Waals surface area contributed by atoms with Crippen LogP contribution in [0.3, 0.4) is 0 Å². The molecule has 0 atom stereocenters. The molecule has 1 amide bonds. The van der Waals surface area contributed by atoms with Crippen LogP contribution in [0.1, 0.15) is 23.4 Å². The van der Waals surface area contributed by atoms with Crippen molar-refractivity contribution < 1.29 is 4.79 Å². The number of aromatic amines is 3. The summed E-state index contributed by atoms with van der Waals surface area (Å²) >= 11 is 0. The van der Waals surface area contributed by atoms with Gasteiger partial charge >= 0.3 is 5.69 Å². The number of nitrogens with one attached hydrogen (secondary N) is 4. The van der Waals surface area contributed by atoms with Gasteiger partial charge in [0.25, 0.3) is 5.56 Å². The molecule has 0 unspecified atom stereocenters. The molecular formula is C13H17N5O3. The Kier molecular flexibility index (Phi) is 4.70. The Morgan fingerprint density at radius 3 is 2.81 bits per heavy atom. The summed E-state index contributed by atoms with van der Waals surface area (Å²) in [5, 5.41) is 9.54. The van der Waals surface area contributed by atoms with Gasteiger partial charge in [-0.05, 0) is 25.3 Å². The second-order valence-corrected chi connectivity index (χ2v) is 4.76. The van der Waals surface area contributed by atoms with Crippen molar-refractivity contribution in [3.8, 4) is 0 Å². The molecule has 0 saturated carbocycles. The largest absolute Gasteiger partial charge is 0.356 e. The minimum atomic E-state index is -0.610. The van der Waals surface area contributed by atoms with E-state index in [-0.39, 0.29) is 12.3 Å². The third-order valence-corrected chi connectivity index (χ3v) is 3.05. The van der Waals surface area contributed by atoms with Crippen molar-refractivity contribution >= 4 is 5.91 Å². The molecule has 8 nitrogen and oxygen atoms in total. The summed E-state index contributed by atoms with van der Waals surface area (Å²) in [5.41, 5.74) is 1.33. The molecule has 0 saturated heterocycles. The summed E-state index contributed by atoms with van der Waals surface area (Å²) in [6, 6.07) is 1.20. The highest BCUT2D eigenvalue weighted by Crippen LogP contribution is 2.04. The zero-order valence-electron chi connectivity index (χ0n) is 11.7. The zero-order valence-corrected chi connectivity index (χ0v) is 11.7. The SMILES string of the molecule is Cc1[nH]ncc1CCCNC(=O)Cc1cc(=O)[nH]c(=O)[nH]1. The fourth-order valence-corrected chi connectivity index (χ4v) is 1.98. The summed E-state index contributed by atoms with van der Waals surface area (Å²) in [7, 11) is 0. The minimum Gasteiger partial charge on any atom is -0.356 e. The van der Waals surface area contributed by atoms with Gasteiger partial charge in [-0.3, -0.25) is 19.7 Å². The molecule has 112 valence electrons. The van der Waals surface area contributed by atoms with Gasteiger partial charge in [-0.2, -0.15) is 5.10 Å². The Hall–Kier alpha value is -2.64. The highest BCUT2D eigenvalue weighted by atomic mass is 16.2. The molecule has 0 aliphatic rings. The minimum absolute atomic E-state index is 0.0239. The fourth-order valence-electron chi connectivity index (χ4n) is 1.98. The molecule has 0 aromatic carbocycles. The van der Waals surface area contributed by atoms with Crippen LogP contribution in [0.15, 0.2) is 21.9 Å². The summed E-state index contributed by atoms with van der Waals surface area (Å²) in [6.07, 6.45) is 3.37. The van der Waals surface area contributed by atoms with Crippen LogP contribution in [0, 0.1) is 6.92 Å². The summed E-state index contributed by atoms with van der Waals surface area (Å²) in [5.74, 6) is -0.236. The van der Waals surface area contributed by atoms with Gasteiger partial charge in [-0.1, -0.05) is 0 Å². The molecule has 2 aromatic rings. The maximum Gasteiger partial charge on any atom is 0.325 e. The Morgan fingerprint density at radius 2 is 2.14 bits per heavy atom. The highest BCUT2D eigenvalue weighted by Gasteiger charge is 2.05. The first-order valence-corrected chi connectivity index (χ1v) is 6.62. The lowest BCUT2D eigenvalue weighted by molar-refractivity contribution is -0.120. The quantitative estimate of drug-likeness (QED) is 0.530. The number of carbonyl (C=O) groups is 1. The molecule has 0 bridgehead atoms. The van der Waals surface area contributed by atoms with E-state index in [9.17, 15) is 14.4 Å². The Bertz CT molecular complexity index is 699. The average molecular weight is 291 g/mol. The van der Waals surface area contributed by atoms with Crippen LogP contribution < -0.4 is 16.6 Å². The van der Waals surface area contributed by atoms with E-state index in [0.717, 1.165) is 24.1 Å². The molecule has 0 radical (unpaired) electrons. The van der Waals surface area contributed by atoms with E-state index in [2.05, 4.69) is 20.5 Å². The molecule has 0 aliphatic carbocycles. The lowest BCUT2D eigenvalue weighted by Gasteiger charge is -2.05. The number of amides is 1. The molecule has 2 rings (SSSR count). The molecule has 2 aromatic heterocycles. The number of carbonyl (C=O) groups excluding carboxylic acids is 1. The number of nitrogens with zero attached hydrogens (tertiary/aromatic N) is 1. The van der Waals surface area contributed by atoms with Gasteiger partial charge in [-0.25, -0.2) is 4.79 Å². The first kappa shape index (κ1) is 14.8. The number of hydrogen-bond acceptors (Lipinski definition) is 4. The Morgan fingerprint density at radius 1 is 1.33 bits per heavy atom. The van der Waals surface area contributed by atoms with E-state index in [1.54, 1.807) is 6.20 Å². The van der Waals surface area contributed by atoms with Crippen molar-refractivity contribution in [2.75, 3.05) is 6.54 Å². The van der Waals surface area contributed by atoms with E-state index in [1.165, 1.54) is 6.07 Å². The first-order chi connectivity index (χ1) is 10.0. The molecule has 4 N–H and O–H groups in total. The zero-order chi connectivity index (χ0) is 15.2. The molecule has 21 heavy (non-hydrogen) atoms. The lowest BCUT2D eigenvalue weighted by Crippen LogP contribution is -2.29. The smallest absolute Gasteiger partial charge is 0.325 e. The van der Waals surface area contributed by atoms with Crippen molar-refractivity contribution in [2.24, 2.45) is 0 Å². The molecule has 0 aliphatic heterocycles. The average Bonchev–Trinajstić information content (AvgIpc) is 2.79. The topological polar surface area (TPSA) is 123 Å². The first-order valence-electron chi connectivity index (χ1n) is 6.62. The standard InChI is InChI=1S/C13H17N5O3/c1-8-9(7-15-18-8)3-2-4-14-11(19)5-10-6-12(20)17-13(21)16-10/h6-7H,2-5H2,1H3,(H,14,19)(H,15,18)(H2,16,17,20,21). The molecule has 0 spiro atoms. The third-order valence-electron chi connectivity index (χ3n) is 3.05.